The van der Waals surface area contributed by atoms with Gasteiger partial charge < -0.3 is 36.7 Å². The number of hydrogen-bond donors (Lipinski definition) is 5. The van der Waals surface area contributed by atoms with Gasteiger partial charge in [0.15, 0.2) is 5.96 Å². The molecule has 2 saturated heterocycles. The molecule has 2 fully saturated rings. The lowest BCUT2D eigenvalue weighted by Gasteiger charge is -2.29. The highest BCUT2D eigenvalue weighted by Crippen LogP contribution is 2.24. The number of benzene rings is 1. The molecule has 0 spiro atoms. The number of hydrogen-bond acceptors (Lipinski definition) is 6. The highest BCUT2D eigenvalue weighted by molar-refractivity contribution is 5.95. The summed E-state index contributed by atoms with van der Waals surface area (Å²) < 4.78 is 5.89. The van der Waals surface area contributed by atoms with E-state index in [1.165, 1.54) is 4.90 Å². The summed E-state index contributed by atoms with van der Waals surface area (Å²) >= 11 is 0. The van der Waals surface area contributed by atoms with Gasteiger partial charge in [0, 0.05) is 36.6 Å². The van der Waals surface area contributed by atoms with Crippen LogP contribution in [0.15, 0.2) is 35.5 Å². The van der Waals surface area contributed by atoms with Gasteiger partial charge in [0.05, 0.1) is 6.42 Å². The van der Waals surface area contributed by atoms with E-state index in [4.69, 9.17) is 16.2 Å². The number of aliphatic imine (C=N–C) groups is 1. The average molecular weight is 596 g/mol. The molecule has 4 atom stereocenters. The Morgan fingerprint density at radius 3 is 2.63 bits per heavy atom. The van der Waals surface area contributed by atoms with Crippen molar-refractivity contribution in [3.8, 4) is 0 Å². The quantitative estimate of drug-likeness (QED) is 0.120. The number of esters is 1. The number of nitrogens with zero attached hydrogens (tertiary/aromatic N) is 2. The number of cyclic esters (lactones) is 1. The van der Waals surface area contributed by atoms with Gasteiger partial charge in [-0.1, -0.05) is 38.5 Å². The first-order chi connectivity index (χ1) is 20.6. The molecule has 7 N–H and O–H groups in total. The Hall–Kier alpha value is -4.09. The lowest BCUT2D eigenvalue weighted by molar-refractivity contribution is -0.155. The maximum absolute atomic E-state index is 14.0. The van der Waals surface area contributed by atoms with Gasteiger partial charge in [0.2, 0.25) is 17.7 Å². The molecule has 2 unspecified atom stereocenters. The maximum Gasteiger partial charge on any atom is 0.328 e. The van der Waals surface area contributed by atoms with Crippen molar-refractivity contribution in [3.05, 3.63) is 36.0 Å². The van der Waals surface area contributed by atoms with Gasteiger partial charge in [-0.15, -0.1) is 0 Å². The SMILES string of the molecule is CC(C)CCCC1CC(=O)NC(Cc2c[nH]c3ccccc23)C(=O)N2CCC[C@H]2C(=O)N[C@@H](CCCN=C(N)N)C(=O)O1. The number of fused-ring (bicyclic) bond motifs is 2. The fourth-order valence-corrected chi connectivity index (χ4v) is 5.91. The van der Waals surface area contributed by atoms with Crippen molar-refractivity contribution in [2.45, 2.75) is 95.9 Å². The lowest BCUT2D eigenvalue weighted by Crippen LogP contribution is -2.55. The molecule has 234 valence electrons. The van der Waals surface area contributed by atoms with Crippen LogP contribution >= 0.6 is 0 Å². The molecule has 12 heteroatoms. The first kappa shape index (κ1) is 31.8. The van der Waals surface area contributed by atoms with Crippen molar-refractivity contribution >= 4 is 40.6 Å². The highest BCUT2D eigenvalue weighted by Gasteiger charge is 2.40. The van der Waals surface area contributed by atoms with Crippen LogP contribution in [0.3, 0.4) is 0 Å². The third-order valence-corrected chi connectivity index (χ3v) is 8.12. The van der Waals surface area contributed by atoms with Crippen LogP contribution in [0.1, 0.15) is 70.8 Å². The maximum atomic E-state index is 14.0. The van der Waals surface area contributed by atoms with Crippen LogP contribution in [-0.2, 0) is 30.3 Å². The molecule has 43 heavy (non-hydrogen) atoms. The molecule has 0 bridgehead atoms. The number of guanidine groups is 1. The summed E-state index contributed by atoms with van der Waals surface area (Å²) in [5.41, 5.74) is 12.7. The van der Waals surface area contributed by atoms with Gasteiger partial charge in [0.1, 0.15) is 24.2 Å². The van der Waals surface area contributed by atoms with Crippen molar-refractivity contribution in [2.75, 3.05) is 13.1 Å². The van der Waals surface area contributed by atoms with Crippen molar-refractivity contribution in [1.82, 2.24) is 20.5 Å². The predicted octanol–water partition coefficient (Wildman–Crippen LogP) is 1.87. The number of ether oxygens (including phenoxy) is 1. The fraction of sp³-hybridized carbons (Fsp3) is 0.581. The van der Waals surface area contributed by atoms with Crippen LogP contribution in [0.2, 0.25) is 0 Å². The monoisotopic (exact) mass is 595 g/mol. The Morgan fingerprint density at radius 1 is 1.07 bits per heavy atom. The number of rotatable bonds is 10. The second-order valence-electron chi connectivity index (χ2n) is 12.0. The zero-order valence-electron chi connectivity index (χ0n) is 25.1. The molecule has 4 rings (SSSR count). The highest BCUT2D eigenvalue weighted by atomic mass is 16.5. The number of aromatic amines is 1. The third kappa shape index (κ3) is 8.71. The molecule has 2 aliphatic rings. The number of H-pyrrole nitrogens is 1. The van der Waals surface area contributed by atoms with Crippen molar-refractivity contribution in [3.63, 3.8) is 0 Å². The molecule has 12 nitrogen and oxygen atoms in total. The van der Waals surface area contributed by atoms with Crippen molar-refractivity contribution in [2.24, 2.45) is 22.4 Å². The molecule has 3 heterocycles. The number of carbonyl (C=O) groups excluding carboxylic acids is 4. The number of nitrogens with two attached hydrogens (primary N) is 2. The van der Waals surface area contributed by atoms with E-state index in [2.05, 4.69) is 34.5 Å². The number of carbonyl (C=O) groups is 4. The first-order valence-corrected chi connectivity index (χ1v) is 15.3. The van der Waals surface area contributed by atoms with E-state index < -0.39 is 36.1 Å². The molecule has 2 aromatic rings. The van der Waals surface area contributed by atoms with E-state index in [1.807, 2.05) is 30.5 Å². The molecule has 0 aliphatic carbocycles. The Balaban J connectivity index is 1.61. The summed E-state index contributed by atoms with van der Waals surface area (Å²) in [6.07, 6.45) is 5.24. The van der Waals surface area contributed by atoms with Gasteiger partial charge in [-0.3, -0.25) is 19.4 Å². The van der Waals surface area contributed by atoms with Crippen LogP contribution in [-0.4, -0.2) is 76.9 Å². The summed E-state index contributed by atoms with van der Waals surface area (Å²) in [7, 11) is 0. The summed E-state index contributed by atoms with van der Waals surface area (Å²) in [5, 5.41) is 6.75. The van der Waals surface area contributed by atoms with Crippen LogP contribution in [0, 0.1) is 5.92 Å². The second kappa shape index (κ2) is 14.9. The summed E-state index contributed by atoms with van der Waals surface area (Å²) in [5.74, 6) is -1.32. The Morgan fingerprint density at radius 2 is 1.86 bits per heavy atom. The van der Waals surface area contributed by atoms with E-state index in [0.29, 0.717) is 38.1 Å². The van der Waals surface area contributed by atoms with E-state index in [0.717, 1.165) is 29.3 Å². The zero-order valence-corrected chi connectivity index (χ0v) is 25.1. The normalized spacial score (nSPS) is 23.6. The largest absolute Gasteiger partial charge is 0.460 e. The Bertz CT molecular complexity index is 1320. The van der Waals surface area contributed by atoms with Gasteiger partial charge in [-0.2, -0.15) is 0 Å². The van der Waals surface area contributed by atoms with Crippen LogP contribution < -0.4 is 22.1 Å². The minimum absolute atomic E-state index is 0.0555. The second-order valence-corrected chi connectivity index (χ2v) is 12.0. The molecular weight excluding hydrogens is 550 g/mol. The third-order valence-electron chi connectivity index (χ3n) is 8.12. The van der Waals surface area contributed by atoms with Gasteiger partial charge in [-0.05, 0) is 56.1 Å². The lowest BCUT2D eigenvalue weighted by atomic mass is 10.0. The zero-order chi connectivity index (χ0) is 30.9. The first-order valence-electron chi connectivity index (χ1n) is 15.3. The van der Waals surface area contributed by atoms with Crippen LogP contribution in [0.25, 0.3) is 10.9 Å². The minimum Gasteiger partial charge on any atom is -0.460 e. The summed E-state index contributed by atoms with van der Waals surface area (Å²) in [6, 6.07) is 5.17. The molecule has 2 aliphatic heterocycles. The van der Waals surface area contributed by atoms with Crippen LogP contribution in [0.5, 0.6) is 0 Å². The number of nitrogens with one attached hydrogen (secondary N) is 3. The fourth-order valence-electron chi connectivity index (χ4n) is 5.91. The molecule has 3 amide bonds. The average Bonchev–Trinajstić information content (AvgIpc) is 3.61. The van der Waals surface area contributed by atoms with Crippen molar-refractivity contribution < 1.29 is 23.9 Å². The summed E-state index contributed by atoms with van der Waals surface area (Å²) in [6.45, 7) is 4.89. The topological polar surface area (TPSA) is 185 Å². The number of aromatic nitrogens is 1. The Kier molecular flexibility index (Phi) is 11.0. The molecule has 1 aromatic heterocycles. The van der Waals surface area contributed by atoms with E-state index >= 15 is 0 Å². The summed E-state index contributed by atoms with van der Waals surface area (Å²) in [4.78, 5) is 63.2. The smallest absolute Gasteiger partial charge is 0.328 e. The molecule has 1 aromatic carbocycles. The minimum atomic E-state index is -0.960. The molecular formula is C31H45N7O5. The number of para-hydroxylation sites is 1. The predicted molar refractivity (Wildman–Crippen MR) is 164 cm³/mol. The molecule has 0 radical (unpaired) electrons. The van der Waals surface area contributed by atoms with E-state index in [9.17, 15) is 19.2 Å². The van der Waals surface area contributed by atoms with Gasteiger partial charge in [0.25, 0.3) is 0 Å². The van der Waals surface area contributed by atoms with Crippen molar-refractivity contribution in [1.29, 1.82) is 0 Å². The van der Waals surface area contributed by atoms with Crippen LogP contribution in [0.4, 0.5) is 0 Å². The van der Waals surface area contributed by atoms with Gasteiger partial charge >= 0.3 is 5.97 Å². The van der Waals surface area contributed by atoms with E-state index in [-0.39, 0.29) is 43.6 Å². The van der Waals surface area contributed by atoms with Gasteiger partial charge in [-0.25, -0.2) is 4.79 Å². The molecule has 0 saturated carbocycles. The van der Waals surface area contributed by atoms with E-state index in [1.54, 1.807) is 0 Å². The number of amides is 3. The standard InChI is InChI=1S/C31H45N7O5/c1-19(2)8-5-9-21-17-27(39)36-25(16-20-18-35-23-11-4-3-10-22(20)23)29(41)38-15-7-13-26(38)28(40)37-24(30(42)43-21)12-6-14-34-31(32)33/h3-4,10-11,18-19,21,24-26,35H,5-9,12-17H2,1-2H3,(H,36,39)(H,37,40)(H4,32,33,34)/t21?,24-,25?,26-/m0/s1. The Labute approximate surface area is 252 Å².